The second-order valence-electron chi connectivity index (χ2n) is 8.27. The van der Waals surface area contributed by atoms with Crippen molar-refractivity contribution in [3.8, 4) is 0 Å². The lowest BCUT2D eigenvalue weighted by molar-refractivity contribution is -0.122. The van der Waals surface area contributed by atoms with Crippen molar-refractivity contribution in [2.24, 2.45) is 0 Å². The second-order valence-corrected chi connectivity index (χ2v) is 8.27. The lowest BCUT2D eigenvalue weighted by atomic mass is 9.73. The molecule has 1 saturated heterocycles. The molecular formula is C22H29N5O. The Balaban J connectivity index is 1.49. The van der Waals surface area contributed by atoms with Crippen molar-refractivity contribution in [2.75, 3.05) is 45.2 Å². The van der Waals surface area contributed by atoms with Crippen LogP contribution in [0.2, 0.25) is 0 Å². The van der Waals surface area contributed by atoms with Crippen LogP contribution < -0.4 is 10.2 Å². The number of hydrogen-bond acceptors (Lipinski definition) is 5. The van der Waals surface area contributed by atoms with Gasteiger partial charge in [-0.1, -0.05) is 24.3 Å². The molecule has 1 aliphatic carbocycles. The van der Waals surface area contributed by atoms with E-state index in [1.807, 2.05) is 20.3 Å². The largest absolute Gasteiger partial charge is 0.355 e. The predicted molar refractivity (Wildman–Crippen MR) is 111 cm³/mol. The molecule has 148 valence electrons. The molecule has 6 heteroatoms. The monoisotopic (exact) mass is 379 g/mol. The van der Waals surface area contributed by atoms with Gasteiger partial charge in [-0.05, 0) is 44.5 Å². The molecule has 1 aromatic heterocycles. The number of anilines is 1. The van der Waals surface area contributed by atoms with Gasteiger partial charge in [0.05, 0.1) is 12.1 Å². The van der Waals surface area contributed by atoms with Crippen LogP contribution in [0, 0.1) is 0 Å². The molecule has 1 aliphatic heterocycles. The summed E-state index contributed by atoms with van der Waals surface area (Å²) in [6, 6.07) is 8.56. The molecule has 1 N–H and O–H groups in total. The molecule has 0 saturated carbocycles. The summed E-state index contributed by atoms with van der Waals surface area (Å²) in [5.41, 5.74) is 2.69. The average molecular weight is 380 g/mol. The number of carbonyl (C=O) groups is 1. The zero-order valence-corrected chi connectivity index (χ0v) is 16.8. The van der Waals surface area contributed by atoms with E-state index in [0.29, 0.717) is 6.54 Å². The number of nitrogens with one attached hydrogen (secondary N) is 1. The van der Waals surface area contributed by atoms with Gasteiger partial charge in [0.1, 0.15) is 5.82 Å². The Hall–Kier alpha value is -2.47. The molecular weight excluding hydrogens is 350 g/mol. The smallest absolute Gasteiger partial charge is 0.227 e. The van der Waals surface area contributed by atoms with E-state index in [9.17, 15) is 4.79 Å². The van der Waals surface area contributed by atoms with Gasteiger partial charge in [-0.3, -0.25) is 9.78 Å². The number of hydrogen-bond donors (Lipinski definition) is 1. The molecule has 0 bridgehead atoms. The first kappa shape index (κ1) is 18.9. The fraction of sp³-hybridized carbons (Fsp3) is 0.500. The maximum absolute atomic E-state index is 12.9. The third-order valence-electron chi connectivity index (χ3n) is 6.27. The highest BCUT2D eigenvalue weighted by molar-refractivity contribution is 5.85. The van der Waals surface area contributed by atoms with Gasteiger partial charge in [-0.15, -0.1) is 0 Å². The minimum atomic E-state index is -0.0403. The molecule has 1 amide bonds. The van der Waals surface area contributed by atoms with Crippen LogP contribution in [0.3, 0.4) is 0 Å². The summed E-state index contributed by atoms with van der Waals surface area (Å²) in [5.74, 6) is 1.07. The zero-order valence-electron chi connectivity index (χ0n) is 16.8. The maximum atomic E-state index is 12.9. The predicted octanol–water partition coefficient (Wildman–Crippen LogP) is 2.18. The van der Waals surface area contributed by atoms with E-state index in [-0.39, 0.29) is 17.2 Å². The van der Waals surface area contributed by atoms with Crippen molar-refractivity contribution < 1.29 is 4.79 Å². The van der Waals surface area contributed by atoms with Gasteiger partial charge in [0.2, 0.25) is 5.91 Å². The van der Waals surface area contributed by atoms with Crippen LogP contribution in [-0.4, -0.2) is 61.0 Å². The minimum absolute atomic E-state index is 0.0403. The number of amides is 1. The summed E-state index contributed by atoms with van der Waals surface area (Å²) in [5, 5.41) is 3.14. The Kier molecular flexibility index (Phi) is 5.31. The van der Waals surface area contributed by atoms with Crippen LogP contribution in [0.5, 0.6) is 0 Å². The SMILES string of the molecule is CN(C)CCNC(=O)C1CC2(CCN(c3cnccn3)CC2)c2ccccc21. The summed E-state index contributed by atoms with van der Waals surface area (Å²) < 4.78 is 0. The van der Waals surface area contributed by atoms with E-state index in [1.165, 1.54) is 11.1 Å². The van der Waals surface area contributed by atoms with Crippen molar-refractivity contribution in [1.82, 2.24) is 20.2 Å². The number of carbonyl (C=O) groups excluding carboxylic acids is 1. The van der Waals surface area contributed by atoms with Crippen LogP contribution in [0.15, 0.2) is 42.9 Å². The third-order valence-corrected chi connectivity index (χ3v) is 6.27. The lowest BCUT2D eigenvalue weighted by Crippen LogP contribution is -2.42. The van der Waals surface area contributed by atoms with Gasteiger partial charge < -0.3 is 15.1 Å². The first-order valence-electron chi connectivity index (χ1n) is 10.1. The number of piperidine rings is 1. The Bertz CT molecular complexity index is 815. The number of nitrogens with zero attached hydrogens (tertiary/aromatic N) is 4. The minimum Gasteiger partial charge on any atom is -0.355 e. The summed E-state index contributed by atoms with van der Waals surface area (Å²) in [6.07, 6.45) is 8.29. The molecule has 1 unspecified atom stereocenters. The van der Waals surface area contributed by atoms with E-state index in [0.717, 1.165) is 44.7 Å². The Labute approximate surface area is 167 Å². The molecule has 0 radical (unpaired) electrons. The normalized spacial score (nSPS) is 20.4. The molecule has 4 rings (SSSR count). The molecule has 1 spiro atoms. The van der Waals surface area contributed by atoms with Crippen LogP contribution in [-0.2, 0) is 10.2 Å². The lowest BCUT2D eigenvalue weighted by Gasteiger charge is -2.40. The molecule has 28 heavy (non-hydrogen) atoms. The van der Waals surface area contributed by atoms with Gasteiger partial charge >= 0.3 is 0 Å². The number of benzene rings is 1. The van der Waals surface area contributed by atoms with Crippen molar-refractivity contribution in [1.29, 1.82) is 0 Å². The third kappa shape index (κ3) is 3.61. The fourth-order valence-corrected chi connectivity index (χ4v) is 4.75. The molecule has 1 aromatic carbocycles. The van der Waals surface area contributed by atoms with Gasteiger partial charge in [0, 0.05) is 44.0 Å². The summed E-state index contributed by atoms with van der Waals surface area (Å²) >= 11 is 0. The van der Waals surface area contributed by atoms with Crippen LogP contribution >= 0.6 is 0 Å². The zero-order chi connectivity index (χ0) is 19.6. The highest BCUT2D eigenvalue weighted by Gasteiger charge is 2.47. The van der Waals surface area contributed by atoms with E-state index >= 15 is 0 Å². The first-order valence-corrected chi connectivity index (χ1v) is 10.1. The van der Waals surface area contributed by atoms with Gasteiger partial charge in [-0.25, -0.2) is 4.98 Å². The molecule has 2 heterocycles. The number of rotatable bonds is 5. The van der Waals surface area contributed by atoms with Crippen molar-refractivity contribution in [3.63, 3.8) is 0 Å². The van der Waals surface area contributed by atoms with Crippen LogP contribution in [0.25, 0.3) is 0 Å². The standard InChI is InChI=1S/C22H29N5O/c1-26(2)14-11-25-21(28)18-15-22(19-6-4-3-5-17(18)19)7-12-27(13-8-22)20-16-23-9-10-24-20/h3-6,9-10,16,18H,7-8,11-15H2,1-2H3,(H,25,28). The Morgan fingerprint density at radius 3 is 2.75 bits per heavy atom. The summed E-state index contributed by atoms with van der Waals surface area (Å²) in [7, 11) is 4.05. The second kappa shape index (κ2) is 7.87. The van der Waals surface area contributed by atoms with E-state index in [1.54, 1.807) is 12.4 Å². The highest BCUT2D eigenvalue weighted by Crippen LogP contribution is 2.51. The van der Waals surface area contributed by atoms with Crippen LogP contribution in [0.1, 0.15) is 36.3 Å². The number of likely N-dealkylation sites (N-methyl/N-ethyl adjacent to an activating group) is 1. The Morgan fingerprint density at radius 1 is 1.25 bits per heavy atom. The fourth-order valence-electron chi connectivity index (χ4n) is 4.75. The molecule has 2 aliphatic rings. The van der Waals surface area contributed by atoms with Crippen molar-refractivity contribution in [2.45, 2.75) is 30.6 Å². The molecule has 1 fully saturated rings. The molecule has 1 atom stereocenters. The van der Waals surface area contributed by atoms with Crippen molar-refractivity contribution in [3.05, 3.63) is 54.0 Å². The topological polar surface area (TPSA) is 61.4 Å². The quantitative estimate of drug-likeness (QED) is 0.863. The molecule has 6 nitrogen and oxygen atoms in total. The molecule has 2 aromatic rings. The number of fused-ring (bicyclic) bond motifs is 2. The summed E-state index contributed by atoms with van der Waals surface area (Å²) in [6.45, 7) is 3.44. The van der Waals surface area contributed by atoms with E-state index < -0.39 is 0 Å². The van der Waals surface area contributed by atoms with Crippen molar-refractivity contribution >= 4 is 11.7 Å². The average Bonchev–Trinajstić information content (AvgIpc) is 3.03. The first-order chi connectivity index (χ1) is 13.6. The van der Waals surface area contributed by atoms with Gasteiger partial charge in [0.15, 0.2) is 0 Å². The maximum Gasteiger partial charge on any atom is 0.227 e. The summed E-state index contributed by atoms with van der Waals surface area (Å²) in [4.78, 5) is 26.0. The van der Waals surface area contributed by atoms with E-state index in [4.69, 9.17) is 0 Å². The highest BCUT2D eigenvalue weighted by atomic mass is 16.1. The Morgan fingerprint density at radius 2 is 2.04 bits per heavy atom. The number of aromatic nitrogens is 2. The van der Waals surface area contributed by atoms with Crippen LogP contribution in [0.4, 0.5) is 5.82 Å². The van der Waals surface area contributed by atoms with Gasteiger partial charge in [0.25, 0.3) is 0 Å². The van der Waals surface area contributed by atoms with Gasteiger partial charge in [-0.2, -0.15) is 0 Å². The van der Waals surface area contributed by atoms with E-state index in [2.05, 4.69) is 49.4 Å².